The zero-order valence-electron chi connectivity index (χ0n) is 13.8. The van der Waals surface area contributed by atoms with Crippen LogP contribution in [0.1, 0.15) is 43.6 Å². The Bertz CT molecular complexity index is 917. The van der Waals surface area contributed by atoms with Crippen molar-refractivity contribution < 1.29 is 4.39 Å². The van der Waals surface area contributed by atoms with Crippen molar-refractivity contribution in [1.82, 2.24) is 19.6 Å². The molecule has 1 aliphatic rings. The van der Waals surface area contributed by atoms with Gasteiger partial charge in [0.05, 0.1) is 11.4 Å². The lowest BCUT2D eigenvalue weighted by atomic mass is 10.1. The SMILES string of the molecule is Cc1c(-c2cccc(F)c2)nc(N)c2nc([C@H]3CCC(C)C3)nn12. The fourth-order valence-corrected chi connectivity index (χ4v) is 3.60. The Morgan fingerprint density at radius 3 is 2.79 bits per heavy atom. The topological polar surface area (TPSA) is 69.1 Å². The maximum atomic E-state index is 13.6. The molecule has 3 aromatic rings. The van der Waals surface area contributed by atoms with Gasteiger partial charge in [0.2, 0.25) is 0 Å². The van der Waals surface area contributed by atoms with Crippen LogP contribution in [-0.4, -0.2) is 19.6 Å². The van der Waals surface area contributed by atoms with Crippen molar-refractivity contribution in [2.75, 3.05) is 5.73 Å². The second-order valence-corrected chi connectivity index (χ2v) is 6.76. The summed E-state index contributed by atoms with van der Waals surface area (Å²) in [4.78, 5) is 9.09. The van der Waals surface area contributed by atoms with E-state index in [4.69, 9.17) is 5.73 Å². The van der Waals surface area contributed by atoms with Gasteiger partial charge in [-0.2, -0.15) is 5.10 Å². The number of fused-ring (bicyclic) bond motifs is 1. The molecule has 1 aromatic carbocycles. The molecule has 2 heterocycles. The van der Waals surface area contributed by atoms with Crippen LogP contribution >= 0.6 is 0 Å². The third-order valence-electron chi connectivity index (χ3n) is 4.90. The van der Waals surface area contributed by atoms with E-state index in [1.807, 2.05) is 13.0 Å². The first-order valence-corrected chi connectivity index (χ1v) is 8.31. The highest BCUT2D eigenvalue weighted by Crippen LogP contribution is 2.37. The van der Waals surface area contributed by atoms with Gasteiger partial charge in [-0.05, 0) is 44.2 Å². The van der Waals surface area contributed by atoms with Crippen molar-refractivity contribution in [3.8, 4) is 11.3 Å². The summed E-state index contributed by atoms with van der Waals surface area (Å²) in [7, 11) is 0. The first-order chi connectivity index (χ1) is 11.5. The Morgan fingerprint density at radius 1 is 1.25 bits per heavy atom. The van der Waals surface area contributed by atoms with Crippen molar-refractivity contribution in [2.45, 2.75) is 39.0 Å². The van der Waals surface area contributed by atoms with Crippen molar-refractivity contribution >= 4 is 11.5 Å². The molecule has 4 rings (SSSR count). The highest BCUT2D eigenvalue weighted by molar-refractivity contribution is 5.69. The van der Waals surface area contributed by atoms with Crippen molar-refractivity contribution in [2.24, 2.45) is 5.92 Å². The van der Waals surface area contributed by atoms with Gasteiger partial charge in [-0.15, -0.1) is 0 Å². The molecule has 1 aliphatic carbocycles. The molecule has 2 aromatic heterocycles. The third-order valence-corrected chi connectivity index (χ3v) is 4.90. The molecule has 1 saturated carbocycles. The van der Waals surface area contributed by atoms with Crippen LogP contribution in [0.5, 0.6) is 0 Å². The summed E-state index contributed by atoms with van der Waals surface area (Å²) in [6.07, 6.45) is 3.43. The monoisotopic (exact) mass is 325 g/mol. The first kappa shape index (κ1) is 15.1. The van der Waals surface area contributed by atoms with Gasteiger partial charge in [0.15, 0.2) is 17.3 Å². The van der Waals surface area contributed by atoms with E-state index >= 15 is 0 Å². The molecule has 1 fully saturated rings. The number of aryl methyl sites for hydroxylation is 1. The molecule has 0 amide bonds. The number of benzene rings is 1. The molecule has 5 nitrogen and oxygen atoms in total. The van der Waals surface area contributed by atoms with E-state index < -0.39 is 0 Å². The summed E-state index contributed by atoms with van der Waals surface area (Å²) in [5.41, 5.74) is 8.83. The summed E-state index contributed by atoms with van der Waals surface area (Å²) < 4.78 is 15.3. The minimum atomic E-state index is -0.299. The summed E-state index contributed by atoms with van der Waals surface area (Å²) >= 11 is 0. The molecule has 0 radical (unpaired) electrons. The zero-order chi connectivity index (χ0) is 16.8. The van der Waals surface area contributed by atoms with E-state index in [1.54, 1.807) is 10.6 Å². The van der Waals surface area contributed by atoms with Crippen LogP contribution in [0.2, 0.25) is 0 Å². The minimum absolute atomic E-state index is 0.299. The predicted octanol–water partition coefficient (Wildman–Crippen LogP) is 3.72. The Kier molecular flexibility index (Phi) is 3.48. The summed E-state index contributed by atoms with van der Waals surface area (Å²) in [5.74, 6) is 1.96. The highest BCUT2D eigenvalue weighted by Gasteiger charge is 2.27. The van der Waals surface area contributed by atoms with Gasteiger partial charge in [0.1, 0.15) is 5.82 Å². The number of rotatable bonds is 2. The van der Waals surface area contributed by atoms with Gasteiger partial charge in [-0.1, -0.05) is 19.1 Å². The second-order valence-electron chi connectivity index (χ2n) is 6.76. The fraction of sp³-hybridized carbons (Fsp3) is 0.389. The normalized spacial score (nSPS) is 20.8. The molecule has 2 atom stereocenters. The number of aromatic nitrogens is 4. The number of nitrogen functional groups attached to an aromatic ring is 1. The summed E-state index contributed by atoms with van der Waals surface area (Å²) in [6, 6.07) is 6.35. The molecule has 0 saturated heterocycles. The molecule has 0 bridgehead atoms. The van der Waals surface area contributed by atoms with Crippen LogP contribution < -0.4 is 5.73 Å². The number of hydrogen-bond acceptors (Lipinski definition) is 4. The molecular formula is C18H20FN5. The predicted molar refractivity (Wildman–Crippen MR) is 91.1 cm³/mol. The number of nitrogens with two attached hydrogens (primary N) is 1. The van der Waals surface area contributed by atoms with Crippen LogP contribution in [0.25, 0.3) is 16.9 Å². The van der Waals surface area contributed by atoms with E-state index in [-0.39, 0.29) is 5.82 Å². The van der Waals surface area contributed by atoms with Crippen molar-refractivity contribution in [3.63, 3.8) is 0 Å². The summed E-state index contributed by atoms with van der Waals surface area (Å²) in [5, 5.41) is 4.69. The Morgan fingerprint density at radius 2 is 2.08 bits per heavy atom. The lowest BCUT2D eigenvalue weighted by Gasteiger charge is -2.08. The summed E-state index contributed by atoms with van der Waals surface area (Å²) in [6.45, 7) is 4.18. The van der Waals surface area contributed by atoms with Crippen molar-refractivity contribution in [3.05, 3.63) is 41.6 Å². The average Bonchev–Trinajstić information content (AvgIpc) is 3.17. The van der Waals surface area contributed by atoms with Gasteiger partial charge in [-0.3, -0.25) is 0 Å². The molecule has 1 unspecified atom stereocenters. The zero-order valence-corrected chi connectivity index (χ0v) is 13.8. The van der Waals surface area contributed by atoms with Crippen LogP contribution in [0, 0.1) is 18.7 Å². The Labute approximate surface area is 139 Å². The number of hydrogen-bond donors (Lipinski definition) is 1. The van der Waals surface area contributed by atoms with Crippen LogP contribution in [-0.2, 0) is 0 Å². The average molecular weight is 325 g/mol. The Balaban J connectivity index is 1.85. The lowest BCUT2D eigenvalue weighted by molar-refractivity contribution is 0.585. The van der Waals surface area contributed by atoms with Crippen LogP contribution in [0.4, 0.5) is 10.2 Å². The van der Waals surface area contributed by atoms with E-state index in [0.29, 0.717) is 34.6 Å². The maximum Gasteiger partial charge on any atom is 0.198 e. The first-order valence-electron chi connectivity index (χ1n) is 8.31. The largest absolute Gasteiger partial charge is 0.381 e. The van der Waals surface area contributed by atoms with Crippen LogP contribution in [0.15, 0.2) is 24.3 Å². The molecule has 0 aliphatic heterocycles. The molecule has 0 spiro atoms. The highest BCUT2D eigenvalue weighted by atomic mass is 19.1. The third kappa shape index (κ3) is 2.42. The molecule has 124 valence electrons. The molecular weight excluding hydrogens is 305 g/mol. The quantitative estimate of drug-likeness (QED) is 0.779. The smallest absolute Gasteiger partial charge is 0.198 e. The second kappa shape index (κ2) is 5.54. The van der Waals surface area contributed by atoms with Gasteiger partial charge < -0.3 is 5.73 Å². The van der Waals surface area contributed by atoms with Gasteiger partial charge in [-0.25, -0.2) is 18.9 Å². The van der Waals surface area contributed by atoms with E-state index in [0.717, 1.165) is 24.4 Å². The van der Waals surface area contributed by atoms with E-state index in [9.17, 15) is 4.39 Å². The fourth-order valence-electron chi connectivity index (χ4n) is 3.60. The number of nitrogens with zero attached hydrogens (tertiary/aromatic N) is 4. The van der Waals surface area contributed by atoms with Gasteiger partial charge in [0, 0.05) is 11.5 Å². The standard InChI is InChI=1S/C18H20FN5/c1-10-6-7-13(8-10)17-22-18-16(20)21-15(11(2)24(18)23-17)12-4-3-5-14(19)9-12/h3-5,9-10,13H,6-8H2,1-2H3,(H2,20,21)/t10?,13-/m0/s1. The minimum Gasteiger partial charge on any atom is -0.381 e. The van der Waals surface area contributed by atoms with Gasteiger partial charge in [0.25, 0.3) is 0 Å². The maximum absolute atomic E-state index is 13.6. The van der Waals surface area contributed by atoms with Gasteiger partial charge >= 0.3 is 0 Å². The lowest BCUT2D eigenvalue weighted by Crippen LogP contribution is -2.05. The number of anilines is 1. The van der Waals surface area contributed by atoms with E-state index in [2.05, 4.69) is 22.0 Å². The number of halogens is 1. The van der Waals surface area contributed by atoms with Crippen LogP contribution in [0.3, 0.4) is 0 Å². The van der Waals surface area contributed by atoms with E-state index in [1.165, 1.54) is 18.6 Å². The Hall–Kier alpha value is -2.50. The molecule has 6 heteroatoms. The molecule has 24 heavy (non-hydrogen) atoms. The molecule has 2 N–H and O–H groups in total. The van der Waals surface area contributed by atoms with Crippen molar-refractivity contribution in [1.29, 1.82) is 0 Å².